The molecule has 0 bridgehead atoms. The molecule has 0 atom stereocenters. The minimum Gasteiger partial charge on any atom is -0.465 e. The smallest absolute Gasteiger partial charge is 0.320 e. The number of hydrogen-bond donors (Lipinski definition) is 1. The molecule has 0 aromatic rings. The van der Waals surface area contributed by atoms with Crippen LogP contribution in [0.1, 0.15) is 39.5 Å². The van der Waals surface area contributed by atoms with E-state index in [0.29, 0.717) is 26.0 Å². The maximum absolute atomic E-state index is 12.0. The lowest BCUT2D eigenvalue weighted by molar-refractivity contribution is -0.144. The third-order valence-electron chi connectivity index (χ3n) is 3.52. The predicted molar refractivity (Wildman–Crippen MR) is 73.7 cm³/mol. The van der Waals surface area contributed by atoms with Crippen molar-refractivity contribution in [1.82, 2.24) is 10.2 Å². The molecule has 1 aliphatic carbocycles. The second-order valence-corrected chi connectivity index (χ2v) is 5.06. The van der Waals surface area contributed by atoms with Gasteiger partial charge in [0, 0.05) is 0 Å². The summed E-state index contributed by atoms with van der Waals surface area (Å²) < 4.78 is 4.87. The minimum absolute atomic E-state index is 0.0946. The molecule has 0 spiro atoms. The van der Waals surface area contributed by atoms with Gasteiger partial charge in [0.2, 0.25) is 5.91 Å². The molecule has 0 radical (unpaired) electrons. The first kappa shape index (κ1) is 16.4. The maximum atomic E-state index is 12.0. The molecule has 0 aromatic heterocycles. The Morgan fingerprint density at radius 2 is 1.95 bits per heavy atom. The number of carbonyl (C=O) groups is 2. The normalized spacial score (nSPS) is 16.7. The van der Waals surface area contributed by atoms with Crippen molar-refractivity contribution in [3.63, 3.8) is 0 Å². The van der Waals surface area contributed by atoms with Gasteiger partial charge in [0.05, 0.1) is 25.8 Å². The van der Waals surface area contributed by atoms with Gasteiger partial charge in [0.1, 0.15) is 5.54 Å². The Hall–Kier alpha value is -1.61. The number of nitriles is 1. The zero-order valence-corrected chi connectivity index (χ0v) is 12.3. The first-order valence-corrected chi connectivity index (χ1v) is 7.15. The first-order chi connectivity index (χ1) is 9.55. The molecule has 0 aromatic carbocycles. The molecule has 0 aliphatic heterocycles. The average molecular weight is 281 g/mol. The standard InChI is InChI=1S/C14H23N3O3/c1-3-17(10-13(19)20-4-2)9-12(18)16-14(11-15)7-5-6-8-14/h3-10H2,1-2H3,(H,16,18). The van der Waals surface area contributed by atoms with Gasteiger partial charge in [-0.1, -0.05) is 6.92 Å². The van der Waals surface area contributed by atoms with Crippen molar-refractivity contribution >= 4 is 11.9 Å². The fraction of sp³-hybridized carbons (Fsp3) is 0.786. The molecule has 6 heteroatoms. The second kappa shape index (κ2) is 7.85. The summed E-state index contributed by atoms with van der Waals surface area (Å²) in [6.07, 6.45) is 3.35. The number of ether oxygens (including phenoxy) is 1. The summed E-state index contributed by atoms with van der Waals surface area (Å²) in [5.41, 5.74) is -0.708. The predicted octanol–water partition coefficient (Wildman–Crippen LogP) is 0.824. The zero-order chi connectivity index (χ0) is 15.0. The first-order valence-electron chi connectivity index (χ1n) is 7.15. The van der Waals surface area contributed by atoms with Gasteiger partial charge in [0.15, 0.2) is 0 Å². The SMILES string of the molecule is CCOC(=O)CN(CC)CC(=O)NC1(C#N)CCCC1. The van der Waals surface area contributed by atoms with Crippen LogP contribution in [-0.4, -0.2) is 48.6 Å². The molecule has 6 nitrogen and oxygen atoms in total. The van der Waals surface area contributed by atoms with Crippen LogP contribution in [0.5, 0.6) is 0 Å². The molecule has 1 N–H and O–H groups in total. The lowest BCUT2D eigenvalue weighted by Gasteiger charge is -2.25. The molecule has 1 aliphatic rings. The number of likely N-dealkylation sites (N-methyl/N-ethyl adjacent to an activating group) is 1. The van der Waals surface area contributed by atoms with E-state index in [4.69, 9.17) is 4.74 Å². The van der Waals surface area contributed by atoms with Crippen molar-refractivity contribution in [2.75, 3.05) is 26.2 Å². The molecule has 0 unspecified atom stereocenters. The zero-order valence-electron chi connectivity index (χ0n) is 12.3. The van der Waals surface area contributed by atoms with Crippen LogP contribution in [0.4, 0.5) is 0 Å². The van der Waals surface area contributed by atoms with Gasteiger partial charge >= 0.3 is 5.97 Å². The van der Waals surface area contributed by atoms with Crippen LogP contribution < -0.4 is 5.32 Å². The van der Waals surface area contributed by atoms with E-state index in [1.807, 2.05) is 6.92 Å². The second-order valence-electron chi connectivity index (χ2n) is 5.06. The van der Waals surface area contributed by atoms with Gasteiger partial charge in [-0.3, -0.25) is 14.5 Å². The topological polar surface area (TPSA) is 82.4 Å². The number of carbonyl (C=O) groups excluding carboxylic acids is 2. The minimum atomic E-state index is -0.708. The number of esters is 1. The maximum Gasteiger partial charge on any atom is 0.320 e. The molecule has 0 saturated heterocycles. The quantitative estimate of drug-likeness (QED) is 0.699. The van der Waals surface area contributed by atoms with E-state index in [0.717, 1.165) is 12.8 Å². The van der Waals surface area contributed by atoms with Crippen molar-refractivity contribution < 1.29 is 14.3 Å². The van der Waals surface area contributed by atoms with Crippen LogP contribution in [0.25, 0.3) is 0 Å². The van der Waals surface area contributed by atoms with Gasteiger partial charge in [-0.2, -0.15) is 5.26 Å². The van der Waals surface area contributed by atoms with E-state index in [1.165, 1.54) is 0 Å². The Labute approximate surface area is 120 Å². The van der Waals surface area contributed by atoms with Gasteiger partial charge < -0.3 is 10.1 Å². The van der Waals surface area contributed by atoms with Crippen LogP contribution in [0.15, 0.2) is 0 Å². The van der Waals surface area contributed by atoms with Crippen LogP contribution >= 0.6 is 0 Å². The Kier molecular flexibility index (Phi) is 6.46. The van der Waals surface area contributed by atoms with Crippen LogP contribution in [0.3, 0.4) is 0 Å². The molecule has 20 heavy (non-hydrogen) atoms. The number of rotatable bonds is 7. The van der Waals surface area contributed by atoms with Crippen LogP contribution in [-0.2, 0) is 14.3 Å². The third-order valence-corrected chi connectivity index (χ3v) is 3.52. The number of hydrogen-bond acceptors (Lipinski definition) is 5. The molecule has 1 fully saturated rings. The van der Waals surface area contributed by atoms with Crippen molar-refractivity contribution in [2.45, 2.75) is 45.1 Å². The molecular weight excluding hydrogens is 258 g/mol. The molecule has 1 amide bonds. The van der Waals surface area contributed by atoms with E-state index >= 15 is 0 Å². The van der Waals surface area contributed by atoms with E-state index < -0.39 is 5.54 Å². The lowest BCUT2D eigenvalue weighted by Crippen LogP contribution is -2.49. The fourth-order valence-electron chi connectivity index (χ4n) is 2.42. The summed E-state index contributed by atoms with van der Waals surface area (Å²) in [4.78, 5) is 25.1. The Balaban J connectivity index is 2.47. The van der Waals surface area contributed by atoms with Gasteiger partial charge in [-0.15, -0.1) is 0 Å². The number of nitrogens with one attached hydrogen (secondary N) is 1. The lowest BCUT2D eigenvalue weighted by atomic mass is 10.00. The summed E-state index contributed by atoms with van der Waals surface area (Å²) in [6.45, 7) is 4.74. The summed E-state index contributed by atoms with van der Waals surface area (Å²) in [5.74, 6) is -0.544. The molecular formula is C14H23N3O3. The van der Waals surface area contributed by atoms with Gasteiger partial charge in [-0.25, -0.2) is 0 Å². The largest absolute Gasteiger partial charge is 0.465 e. The monoisotopic (exact) mass is 281 g/mol. The molecule has 0 heterocycles. The highest BCUT2D eigenvalue weighted by Crippen LogP contribution is 2.28. The van der Waals surface area contributed by atoms with E-state index in [-0.39, 0.29) is 25.0 Å². The van der Waals surface area contributed by atoms with Crippen molar-refractivity contribution in [1.29, 1.82) is 5.26 Å². The summed E-state index contributed by atoms with van der Waals surface area (Å²) >= 11 is 0. The van der Waals surface area contributed by atoms with Gasteiger partial charge in [0.25, 0.3) is 0 Å². The molecule has 112 valence electrons. The number of nitrogens with zero attached hydrogens (tertiary/aromatic N) is 2. The molecule has 1 saturated carbocycles. The van der Waals surface area contributed by atoms with Crippen LogP contribution in [0.2, 0.25) is 0 Å². The average Bonchev–Trinajstić information content (AvgIpc) is 2.87. The Bertz CT molecular complexity index is 384. The van der Waals surface area contributed by atoms with Crippen LogP contribution in [0, 0.1) is 11.3 Å². The third kappa shape index (κ3) is 4.82. The fourth-order valence-corrected chi connectivity index (χ4v) is 2.42. The highest BCUT2D eigenvalue weighted by atomic mass is 16.5. The summed E-state index contributed by atoms with van der Waals surface area (Å²) in [7, 11) is 0. The van der Waals surface area contributed by atoms with E-state index in [2.05, 4.69) is 11.4 Å². The molecule has 1 rings (SSSR count). The summed E-state index contributed by atoms with van der Waals surface area (Å²) in [5, 5.41) is 12.0. The van der Waals surface area contributed by atoms with Crippen molar-refractivity contribution in [3.8, 4) is 6.07 Å². The van der Waals surface area contributed by atoms with Crippen molar-refractivity contribution in [3.05, 3.63) is 0 Å². The number of amides is 1. The van der Waals surface area contributed by atoms with Gasteiger partial charge in [-0.05, 0) is 39.2 Å². The Morgan fingerprint density at radius 3 is 2.45 bits per heavy atom. The Morgan fingerprint density at radius 1 is 1.30 bits per heavy atom. The van der Waals surface area contributed by atoms with Crippen molar-refractivity contribution in [2.24, 2.45) is 0 Å². The summed E-state index contributed by atoms with van der Waals surface area (Å²) in [6, 6.07) is 2.22. The van der Waals surface area contributed by atoms with E-state index in [1.54, 1.807) is 11.8 Å². The highest BCUT2D eigenvalue weighted by molar-refractivity contribution is 5.80. The van der Waals surface area contributed by atoms with E-state index in [9.17, 15) is 14.9 Å². The highest BCUT2D eigenvalue weighted by Gasteiger charge is 2.35.